The third-order valence-electron chi connectivity index (χ3n) is 4.25. The van der Waals surface area contributed by atoms with Gasteiger partial charge >= 0.3 is 0 Å². The molecule has 3 heteroatoms. The van der Waals surface area contributed by atoms with E-state index in [0.29, 0.717) is 6.42 Å². The van der Waals surface area contributed by atoms with Gasteiger partial charge in [0.1, 0.15) is 5.75 Å². The van der Waals surface area contributed by atoms with Crippen molar-refractivity contribution in [2.45, 2.75) is 51.5 Å². The van der Waals surface area contributed by atoms with Crippen LogP contribution in [0.1, 0.15) is 57.1 Å². The number of rotatable bonds is 6. The molecule has 20 heavy (non-hydrogen) atoms. The molecule has 1 amide bonds. The van der Waals surface area contributed by atoms with Crippen LogP contribution in [0.5, 0.6) is 5.75 Å². The summed E-state index contributed by atoms with van der Waals surface area (Å²) >= 11 is 0. The summed E-state index contributed by atoms with van der Waals surface area (Å²) in [6.07, 6.45) is 7.00. The summed E-state index contributed by atoms with van der Waals surface area (Å²) in [5.74, 6) is 1.78. The van der Waals surface area contributed by atoms with E-state index >= 15 is 0 Å². The van der Waals surface area contributed by atoms with Crippen LogP contribution in [0.25, 0.3) is 0 Å². The predicted octanol–water partition coefficient (Wildman–Crippen LogP) is 3.84. The molecule has 1 atom stereocenters. The third-order valence-corrected chi connectivity index (χ3v) is 4.25. The number of methoxy groups -OCH3 is 1. The van der Waals surface area contributed by atoms with Crippen LogP contribution in [-0.2, 0) is 4.79 Å². The number of carbonyl (C=O) groups is 1. The largest absolute Gasteiger partial charge is 0.497 e. The topological polar surface area (TPSA) is 38.3 Å². The fourth-order valence-electron chi connectivity index (χ4n) is 2.92. The van der Waals surface area contributed by atoms with Gasteiger partial charge in [0, 0.05) is 6.42 Å². The smallest absolute Gasteiger partial charge is 0.220 e. The van der Waals surface area contributed by atoms with E-state index in [1.165, 1.54) is 25.7 Å². The molecule has 2 rings (SSSR count). The quantitative estimate of drug-likeness (QED) is 0.856. The Kier molecular flexibility index (Phi) is 5.45. The lowest BCUT2D eigenvalue weighted by Gasteiger charge is -2.15. The monoisotopic (exact) mass is 275 g/mol. The molecule has 1 aromatic rings. The van der Waals surface area contributed by atoms with E-state index in [1.807, 2.05) is 31.2 Å². The summed E-state index contributed by atoms with van der Waals surface area (Å²) in [4.78, 5) is 12.0. The molecule has 0 aliphatic heterocycles. The highest BCUT2D eigenvalue weighted by atomic mass is 16.5. The molecule has 1 aliphatic carbocycles. The van der Waals surface area contributed by atoms with E-state index in [0.717, 1.165) is 23.7 Å². The van der Waals surface area contributed by atoms with Crippen molar-refractivity contribution in [1.29, 1.82) is 0 Å². The molecule has 0 saturated heterocycles. The lowest BCUT2D eigenvalue weighted by molar-refractivity contribution is -0.122. The standard InChI is InChI=1S/C17H25NO2/c1-13(15-8-10-16(20-2)11-9-15)18-17(19)12-7-14-5-3-4-6-14/h8-11,13-14H,3-7,12H2,1-2H3,(H,18,19)/t13-/m0/s1. The Labute approximate surface area is 121 Å². The number of nitrogens with one attached hydrogen (secondary N) is 1. The Bertz CT molecular complexity index is 421. The molecule has 0 spiro atoms. The summed E-state index contributed by atoms with van der Waals surface area (Å²) in [6, 6.07) is 7.91. The van der Waals surface area contributed by atoms with Gasteiger partial charge in [-0.1, -0.05) is 37.8 Å². The first-order valence-electron chi connectivity index (χ1n) is 7.62. The van der Waals surface area contributed by atoms with Crippen LogP contribution in [-0.4, -0.2) is 13.0 Å². The van der Waals surface area contributed by atoms with Gasteiger partial charge in [-0.2, -0.15) is 0 Å². The summed E-state index contributed by atoms with van der Waals surface area (Å²) in [5, 5.41) is 3.08. The summed E-state index contributed by atoms with van der Waals surface area (Å²) in [6.45, 7) is 2.02. The summed E-state index contributed by atoms with van der Waals surface area (Å²) in [7, 11) is 1.66. The van der Waals surface area contributed by atoms with Gasteiger partial charge in [0.15, 0.2) is 0 Å². The Balaban J connectivity index is 1.77. The van der Waals surface area contributed by atoms with Gasteiger partial charge in [0.05, 0.1) is 13.2 Å². The van der Waals surface area contributed by atoms with Crippen molar-refractivity contribution in [3.05, 3.63) is 29.8 Å². The van der Waals surface area contributed by atoms with Gasteiger partial charge < -0.3 is 10.1 Å². The average Bonchev–Trinajstić information content (AvgIpc) is 2.98. The van der Waals surface area contributed by atoms with E-state index in [2.05, 4.69) is 5.32 Å². The van der Waals surface area contributed by atoms with Gasteiger partial charge in [0.25, 0.3) is 0 Å². The molecule has 1 saturated carbocycles. The van der Waals surface area contributed by atoms with Crippen molar-refractivity contribution in [3.8, 4) is 5.75 Å². The molecule has 1 aliphatic rings. The van der Waals surface area contributed by atoms with Crippen LogP contribution < -0.4 is 10.1 Å². The Hall–Kier alpha value is -1.51. The number of hydrogen-bond acceptors (Lipinski definition) is 2. The maximum Gasteiger partial charge on any atom is 0.220 e. The van der Waals surface area contributed by atoms with Crippen molar-refractivity contribution in [1.82, 2.24) is 5.32 Å². The molecule has 0 unspecified atom stereocenters. The Morgan fingerprint density at radius 2 is 1.95 bits per heavy atom. The van der Waals surface area contributed by atoms with E-state index < -0.39 is 0 Å². The second kappa shape index (κ2) is 7.32. The predicted molar refractivity (Wildman–Crippen MR) is 80.7 cm³/mol. The van der Waals surface area contributed by atoms with Crippen LogP contribution in [0.4, 0.5) is 0 Å². The first-order valence-corrected chi connectivity index (χ1v) is 7.62. The van der Waals surface area contributed by atoms with Crippen LogP contribution in [0, 0.1) is 5.92 Å². The molecule has 0 bridgehead atoms. The van der Waals surface area contributed by atoms with Gasteiger partial charge in [-0.15, -0.1) is 0 Å². The lowest BCUT2D eigenvalue weighted by atomic mass is 10.0. The first-order chi connectivity index (χ1) is 9.69. The molecule has 3 nitrogen and oxygen atoms in total. The zero-order chi connectivity index (χ0) is 14.4. The molecule has 0 radical (unpaired) electrons. The number of amides is 1. The highest BCUT2D eigenvalue weighted by Gasteiger charge is 2.17. The average molecular weight is 275 g/mol. The number of hydrogen-bond donors (Lipinski definition) is 1. The van der Waals surface area contributed by atoms with Crippen molar-refractivity contribution in [3.63, 3.8) is 0 Å². The van der Waals surface area contributed by atoms with E-state index in [1.54, 1.807) is 7.11 Å². The van der Waals surface area contributed by atoms with Crippen LogP contribution >= 0.6 is 0 Å². The maximum absolute atomic E-state index is 12.0. The highest BCUT2D eigenvalue weighted by Crippen LogP contribution is 2.28. The van der Waals surface area contributed by atoms with Crippen LogP contribution in [0.2, 0.25) is 0 Å². The van der Waals surface area contributed by atoms with Crippen molar-refractivity contribution in [2.75, 3.05) is 7.11 Å². The lowest BCUT2D eigenvalue weighted by Crippen LogP contribution is -2.26. The molecule has 1 aromatic carbocycles. The first kappa shape index (κ1) is 14.9. The van der Waals surface area contributed by atoms with Crippen LogP contribution in [0.15, 0.2) is 24.3 Å². The second-order valence-corrected chi connectivity index (χ2v) is 5.75. The van der Waals surface area contributed by atoms with Crippen molar-refractivity contribution < 1.29 is 9.53 Å². The highest BCUT2D eigenvalue weighted by molar-refractivity contribution is 5.76. The number of benzene rings is 1. The zero-order valence-corrected chi connectivity index (χ0v) is 12.5. The van der Waals surface area contributed by atoms with Crippen molar-refractivity contribution >= 4 is 5.91 Å². The van der Waals surface area contributed by atoms with Gasteiger partial charge in [-0.05, 0) is 37.0 Å². The zero-order valence-electron chi connectivity index (χ0n) is 12.5. The third kappa shape index (κ3) is 4.26. The molecular formula is C17H25NO2. The number of ether oxygens (including phenoxy) is 1. The van der Waals surface area contributed by atoms with Gasteiger partial charge in [0.2, 0.25) is 5.91 Å². The van der Waals surface area contributed by atoms with E-state index in [9.17, 15) is 4.79 Å². The van der Waals surface area contributed by atoms with Gasteiger partial charge in [-0.3, -0.25) is 4.79 Å². The minimum Gasteiger partial charge on any atom is -0.497 e. The minimum atomic E-state index is 0.0528. The SMILES string of the molecule is COc1ccc([C@H](C)NC(=O)CCC2CCCC2)cc1. The van der Waals surface area contributed by atoms with E-state index in [4.69, 9.17) is 4.74 Å². The molecule has 0 heterocycles. The van der Waals surface area contributed by atoms with E-state index in [-0.39, 0.29) is 11.9 Å². The summed E-state index contributed by atoms with van der Waals surface area (Å²) < 4.78 is 5.14. The summed E-state index contributed by atoms with van der Waals surface area (Å²) in [5.41, 5.74) is 1.11. The fourth-order valence-corrected chi connectivity index (χ4v) is 2.92. The van der Waals surface area contributed by atoms with Gasteiger partial charge in [-0.25, -0.2) is 0 Å². The molecule has 1 fully saturated rings. The fraction of sp³-hybridized carbons (Fsp3) is 0.588. The Morgan fingerprint density at radius 3 is 2.55 bits per heavy atom. The maximum atomic E-state index is 12.0. The minimum absolute atomic E-state index is 0.0528. The molecule has 1 N–H and O–H groups in total. The normalized spacial score (nSPS) is 16.9. The Morgan fingerprint density at radius 1 is 1.30 bits per heavy atom. The molecule has 110 valence electrons. The number of carbonyl (C=O) groups excluding carboxylic acids is 1. The van der Waals surface area contributed by atoms with Crippen molar-refractivity contribution in [2.24, 2.45) is 5.92 Å². The molecular weight excluding hydrogens is 250 g/mol. The van der Waals surface area contributed by atoms with Crippen LogP contribution in [0.3, 0.4) is 0 Å². The molecule has 0 aromatic heterocycles. The second-order valence-electron chi connectivity index (χ2n) is 5.75.